The number of nitrogens with one attached hydrogen (secondary N) is 1. The van der Waals surface area contributed by atoms with Crippen molar-refractivity contribution in [3.63, 3.8) is 0 Å². The van der Waals surface area contributed by atoms with E-state index in [1.807, 2.05) is 0 Å². The lowest BCUT2D eigenvalue weighted by Gasteiger charge is -2.19. The molecule has 0 unspecified atom stereocenters. The first-order valence-electron chi connectivity index (χ1n) is 4.01. The van der Waals surface area contributed by atoms with Gasteiger partial charge in [0, 0.05) is 6.54 Å². The van der Waals surface area contributed by atoms with E-state index in [-0.39, 0.29) is 5.54 Å². The van der Waals surface area contributed by atoms with Crippen LogP contribution in [0.15, 0.2) is 21.3 Å². The summed E-state index contributed by atoms with van der Waals surface area (Å²) < 4.78 is 0. The SMILES string of the molecule is C=NC=NC1=C(C)CNC1(C)C. The molecule has 0 aliphatic carbocycles. The highest BCUT2D eigenvalue weighted by atomic mass is 15.1. The molecule has 0 aromatic carbocycles. The van der Waals surface area contributed by atoms with Gasteiger partial charge in [-0.3, -0.25) is 4.99 Å². The molecule has 0 atom stereocenters. The highest BCUT2D eigenvalue weighted by Gasteiger charge is 2.29. The maximum Gasteiger partial charge on any atom is 0.114 e. The Bertz CT molecular complexity index is 248. The Hall–Kier alpha value is -0.960. The van der Waals surface area contributed by atoms with Crippen LogP contribution in [0.3, 0.4) is 0 Å². The summed E-state index contributed by atoms with van der Waals surface area (Å²) in [6.45, 7) is 10.6. The largest absolute Gasteiger partial charge is 0.303 e. The van der Waals surface area contributed by atoms with Crippen LogP contribution < -0.4 is 5.32 Å². The van der Waals surface area contributed by atoms with Gasteiger partial charge in [0.1, 0.15) is 6.34 Å². The smallest absolute Gasteiger partial charge is 0.114 e. The Morgan fingerprint density at radius 1 is 1.58 bits per heavy atom. The predicted molar refractivity (Wildman–Crippen MR) is 52.8 cm³/mol. The zero-order chi connectivity index (χ0) is 9.19. The highest BCUT2D eigenvalue weighted by molar-refractivity contribution is 5.64. The van der Waals surface area contributed by atoms with E-state index in [0.29, 0.717) is 0 Å². The van der Waals surface area contributed by atoms with Gasteiger partial charge in [-0.1, -0.05) is 0 Å². The number of aliphatic imine (C=N–C) groups is 2. The van der Waals surface area contributed by atoms with Crippen LogP contribution in [0.1, 0.15) is 20.8 Å². The van der Waals surface area contributed by atoms with Crippen LogP contribution in [-0.4, -0.2) is 25.1 Å². The fourth-order valence-electron chi connectivity index (χ4n) is 1.42. The van der Waals surface area contributed by atoms with E-state index in [9.17, 15) is 0 Å². The lowest BCUT2D eigenvalue weighted by atomic mass is 10.0. The summed E-state index contributed by atoms with van der Waals surface area (Å²) in [6.07, 6.45) is 1.49. The van der Waals surface area contributed by atoms with Crippen molar-refractivity contribution in [3.8, 4) is 0 Å². The molecule has 1 N–H and O–H groups in total. The van der Waals surface area contributed by atoms with Crippen molar-refractivity contribution in [2.75, 3.05) is 6.54 Å². The normalized spacial score (nSPS) is 22.2. The summed E-state index contributed by atoms with van der Waals surface area (Å²) in [7, 11) is 0. The highest BCUT2D eigenvalue weighted by Crippen LogP contribution is 2.25. The molecule has 3 nitrogen and oxygen atoms in total. The summed E-state index contributed by atoms with van der Waals surface area (Å²) in [4.78, 5) is 7.83. The van der Waals surface area contributed by atoms with Crippen molar-refractivity contribution in [2.45, 2.75) is 26.3 Å². The lowest BCUT2D eigenvalue weighted by Crippen LogP contribution is -2.35. The fourth-order valence-corrected chi connectivity index (χ4v) is 1.42. The molecule has 0 amide bonds. The molecule has 0 saturated heterocycles. The Kier molecular flexibility index (Phi) is 2.43. The van der Waals surface area contributed by atoms with Crippen molar-refractivity contribution in [1.29, 1.82) is 0 Å². The van der Waals surface area contributed by atoms with Crippen LogP contribution in [-0.2, 0) is 0 Å². The molecule has 0 saturated carbocycles. The van der Waals surface area contributed by atoms with E-state index in [4.69, 9.17) is 0 Å². The van der Waals surface area contributed by atoms with Gasteiger partial charge < -0.3 is 5.32 Å². The van der Waals surface area contributed by atoms with Crippen LogP contribution in [0.2, 0.25) is 0 Å². The van der Waals surface area contributed by atoms with Gasteiger partial charge in [0.15, 0.2) is 0 Å². The maximum absolute atomic E-state index is 4.24. The van der Waals surface area contributed by atoms with Crippen LogP contribution in [0, 0.1) is 0 Å². The maximum atomic E-state index is 4.24. The molecule has 0 fully saturated rings. The molecule has 66 valence electrons. The summed E-state index contributed by atoms with van der Waals surface area (Å²) >= 11 is 0. The lowest BCUT2D eigenvalue weighted by molar-refractivity contribution is 0.505. The topological polar surface area (TPSA) is 36.8 Å². The summed E-state index contributed by atoms with van der Waals surface area (Å²) in [6, 6.07) is 0. The second-order valence-electron chi connectivity index (χ2n) is 3.53. The minimum atomic E-state index is -0.0225. The molecule has 12 heavy (non-hydrogen) atoms. The third kappa shape index (κ3) is 1.61. The van der Waals surface area contributed by atoms with Gasteiger partial charge in [0.25, 0.3) is 0 Å². The van der Waals surface area contributed by atoms with Gasteiger partial charge in [-0.15, -0.1) is 0 Å². The molecule has 0 radical (unpaired) electrons. The fraction of sp³-hybridized carbons (Fsp3) is 0.556. The molecular weight excluding hydrogens is 150 g/mol. The average Bonchev–Trinajstić information content (AvgIpc) is 2.24. The van der Waals surface area contributed by atoms with Crippen molar-refractivity contribution in [3.05, 3.63) is 11.3 Å². The van der Waals surface area contributed by atoms with Gasteiger partial charge in [-0.25, -0.2) is 4.99 Å². The molecule has 3 heteroatoms. The van der Waals surface area contributed by atoms with Crippen LogP contribution in [0.25, 0.3) is 0 Å². The van der Waals surface area contributed by atoms with E-state index in [2.05, 4.69) is 42.8 Å². The molecular formula is C9H15N3. The second kappa shape index (κ2) is 3.19. The number of hydrogen-bond donors (Lipinski definition) is 1. The first-order chi connectivity index (χ1) is 5.58. The van der Waals surface area contributed by atoms with Gasteiger partial charge in [0.2, 0.25) is 0 Å². The molecule has 1 aliphatic rings. The van der Waals surface area contributed by atoms with E-state index < -0.39 is 0 Å². The van der Waals surface area contributed by atoms with Gasteiger partial charge in [0.05, 0.1) is 11.2 Å². The number of hydrogen-bond acceptors (Lipinski definition) is 2. The zero-order valence-electron chi connectivity index (χ0n) is 7.89. The Balaban J connectivity index is 2.91. The summed E-state index contributed by atoms with van der Waals surface area (Å²) in [5.41, 5.74) is 2.33. The van der Waals surface area contributed by atoms with Crippen molar-refractivity contribution in [2.24, 2.45) is 9.98 Å². The van der Waals surface area contributed by atoms with E-state index in [0.717, 1.165) is 12.2 Å². The van der Waals surface area contributed by atoms with Gasteiger partial charge >= 0.3 is 0 Å². The zero-order valence-corrected chi connectivity index (χ0v) is 7.89. The number of nitrogens with zero attached hydrogens (tertiary/aromatic N) is 2. The molecule has 0 spiro atoms. The van der Waals surface area contributed by atoms with E-state index in [1.54, 1.807) is 0 Å². The predicted octanol–water partition coefficient (Wildman–Crippen LogP) is 1.37. The Morgan fingerprint density at radius 3 is 2.67 bits per heavy atom. The Labute approximate surface area is 73.3 Å². The van der Waals surface area contributed by atoms with Crippen molar-refractivity contribution in [1.82, 2.24) is 5.32 Å². The summed E-state index contributed by atoms with van der Waals surface area (Å²) in [5.74, 6) is 0. The molecule has 0 bridgehead atoms. The minimum Gasteiger partial charge on any atom is -0.303 e. The Morgan fingerprint density at radius 2 is 2.25 bits per heavy atom. The van der Waals surface area contributed by atoms with Crippen LogP contribution in [0.5, 0.6) is 0 Å². The van der Waals surface area contributed by atoms with Crippen molar-refractivity contribution >= 4 is 13.1 Å². The quantitative estimate of drug-likeness (QED) is 0.487. The van der Waals surface area contributed by atoms with Crippen LogP contribution in [0.4, 0.5) is 0 Å². The van der Waals surface area contributed by atoms with E-state index >= 15 is 0 Å². The third-order valence-corrected chi connectivity index (χ3v) is 2.06. The molecule has 1 rings (SSSR count). The molecule has 1 heterocycles. The number of rotatable bonds is 2. The molecule has 1 aliphatic heterocycles. The average molecular weight is 165 g/mol. The summed E-state index contributed by atoms with van der Waals surface area (Å²) in [5, 5.41) is 3.35. The van der Waals surface area contributed by atoms with Gasteiger partial charge in [-0.2, -0.15) is 0 Å². The monoisotopic (exact) mass is 165 g/mol. The van der Waals surface area contributed by atoms with Crippen LogP contribution >= 0.6 is 0 Å². The standard InChI is InChI=1S/C9H15N3/c1-7-5-12-9(2,3)8(7)11-6-10-4/h6,12H,4-5H2,1-3H3. The minimum absolute atomic E-state index is 0.0225. The first kappa shape index (κ1) is 9.13. The third-order valence-electron chi connectivity index (χ3n) is 2.06. The molecule has 0 aromatic rings. The van der Waals surface area contributed by atoms with Gasteiger partial charge in [-0.05, 0) is 33.1 Å². The molecule has 0 aromatic heterocycles. The first-order valence-corrected chi connectivity index (χ1v) is 4.01. The van der Waals surface area contributed by atoms with Crippen molar-refractivity contribution < 1.29 is 0 Å². The second-order valence-corrected chi connectivity index (χ2v) is 3.53. The van der Waals surface area contributed by atoms with E-state index in [1.165, 1.54) is 11.9 Å².